The minimum Gasteiger partial charge on any atom is -0.450 e. The number of nitrogens with one attached hydrogen (secondary N) is 2. The number of rotatable bonds is 8. The number of carbonyl (C=O) groups is 4. The fourth-order valence-corrected chi connectivity index (χ4v) is 3.16. The third kappa shape index (κ3) is 5.19. The number of aromatic amines is 1. The van der Waals surface area contributed by atoms with Gasteiger partial charge in [-0.05, 0) is 63.9 Å². The van der Waals surface area contributed by atoms with E-state index < -0.39 is 12.1 Å². The molecule has 0 saturated carbocycles. The summed E-state index contributed by atoms with van der Waals surface area (Å²) in [6.45, 7) is 8.21. The van der Waals surface area contributed by atoms with E-state index in [-0.39, 0.29) is 23.2 Å². The van der Waals surface area contributed by atoms with Crippen LogP contribution in [0.5, 0.6) is 0 Å². The van der Waals surface area contributed by atoms with Crippen LogP contribution in [0, 0.1) is 13.8 Å². The molecular formula is C22H26N2O5. The Bertz CT molecular complexity index is 941. The van der Waals surface area contributed by atoms with Gasteiger partial charge in [0, 0.05) is 28.9 Å². The van der Waals surface area contributed by atoms with Crippen LogP contribution in [0.2, 0.25) is 0 Å². The highest BCUT2D eigenvalue weighted by molar-refractivity contribution is 6.03. The fraction of sp³-hybridized carbons (Fsp3) is 0.364. The van der Waals surface area contributed by atoms with E-state index >= 15 is 0 Å². The van der Waals surface area contributed by atoms with Crippen LogP contribution in [0.4, 0.5) is 5.69 Å². The third-order valence-electron chi connectivity index (χ3n) is 4.58. The molecule has 7 nitrogen and oxygen atoms in total. The summed E-state index contributed by atoms with van der Waals surface area (Å²) in [5, 5.41) is 2.75. The zero-order chi connectivity index (χ0) is 21.7. The minimum absolute atomic E-state index is 0.0876. The van der Waals surface area contributed by atoms with Crippen LogP contribution in [0.15, 0.2) is 24.3 Å². The molecule has 0 aliphatic carbocycles. The van der Waals surface area contributed by atoms with Gasteiger partial charge in [-0.15, -0.1) is 0 Å². The number of carbonyl (C=O) groups excluding carboxylic acids is 4. The number of ether oxygens (including phenoxy) is 1. The molecule has 0 saturated heterocycles. The second kappa shape index (κ2) is 9.32. The van der Waals surface area contributed by atoms with Gasteiger partial charge in [-0.25, -0.2) is 4.79 Å². The SMILES string of the molecule is CCCC(=O)Nc1ccc(C(=O)[C@@H](C)OC(=O)c2[nH]c(C)c(C(C)=O)c2C)cc1. The molecule has 0 bridgehead atoms. The molecule has 2 aromatic rings. The highest BCUT2D eigenvalue weighted by Gasteiger charge is 2.25. The predicted molar refractivity (Wildman–Crippen MR) is 109 cm³/mol. The molecule has 1 aromatic heterocycles. The Balaban J connectivity index is 2.07. The van der Waals surface area contributed by atoms with Crippen LogP contribution in [0.1, 0.15) is 76.1 Å². The molecule has 1 amide bonds. The van der Waals surface area contributed by atoms with E-state index in [1.807, 2.05) is 6.92 Å². The second-order valence-electron chi connectivity index (χ2n) is 6.97. The number of aromatic nitrogens is 1. The lowest BCUT2D eigenvalue weighted by molar-refractivity contribution is -0.116. The molecule has 1 aromatic carbocycles. The number of hydrogen-bond donors (Lipinski definition) is 2. The number of benzene rings is 1. The monoisotopic (exact) mass is 398 g/mol. The quantitative estimate of drug-likeness (QED) is 0.516. The average molecular weight is 398 g/mol. The number of hydrogen-bond acceptors (Lipinski definition) is 5. The van der Waals surface area contributed by atoms with Crippen molar-refractivity contribution in [3.8, 4) is 0 Å². The zero-order valence-electron chi connectivity index (χ0n) is 17.3. The van der Waals surface area contributed by atoms with E-state index in [2.05, 4.69) is 10.3 Å². The largest absolute Gasteiger partial charge is 0.450 e. The number of aryl methyl sites for hydroxylation is 1. The number of anilines is 1. The number of Topliss-reactive ketones (excluding diaryl/α,β-unsaturated/α-hetero) is 2. The average Bonchev–Trinajstić information content (AvgIpc) is 2.96. The van der Waals surface area contributed by atoms with Gasteiger partial charge < -0.3 is 15.0 Å². The first-order valence-corrected chi connectivity index (χ1v) is 9.50. The number of esters is 1. The Morgan fingerprint density at radius 1 is 1.10 bits per heavy atom. The predicted octanol–water partition coefficient (Wildman–Crippen LogP) is 4.00. The van der Waals surface area contributed by atoms with Crippen molar-refractivity contribution in [2.75, 3.05) is 5.32 Å². The molecule has 2 N–H and O–H groups in total. The van der Waals surface area contributed by atoms with E-state index in [4.69, 9.17) is 4.74 Å². The summed E-state index contributed by atoms with van der Waals surface area (Å²) < 4.78 is 5.31. The van der Waals surface area contributed by atoms with Crippen LogP contribution < -0.4 is 5.32 Å². The molecule has 0 fully saturated rings. The van der Waals surface area contributed by atoms with E-state index in [0.717, 1.165) is 6.42 Å². The molecule has 0 radical (unpaired) electrons. The van der Waals surface area contributed by atoms with Crippen molar-refractivity contribution >= 4 is 29.1 Å². The summed E-state index contributed by atoms with van der Waals surface area (Å²) in [5.74, 6) is -1.29. The van der Waals surface area contributed by atoms with Crippen molar-refractivity contribution in [2.24, 2.45) is 0 Å². The van der Waals surface area contributed by atoms with Crippen molar-refractivity contribution in [3.63, 3.8) is 0 Å². The van der Waals surface area contributed by atoms with E-state index in [0.29, 0.717) is 34.5 Å². The Hall–Kier alpha value is -3.22. The molecule has 0 aliphatic heterocycles. The van der Waals surface area contributed by atoms with Crippen LogP contribution in [-0.2, 0) is 9.53 Å². The van der Waals surface area contributed by atoms with Crippen molar-refractivity contribution in [1.29, 1.82) is 0 Å². The highest BCUT2D eigenvalue weighted by Crippen LogP contribution is 2.20. The van der Waals surface area contributed by atoms with Gasteiger partial charge in [-0.2, -0.15) is 0 Å². The highest BCUT2D eigenvalue weighted by atomic mass is 16.5. The maximum atomic E-state index is 12.6. The molecule has 2 rings (SSSR count). The molecule has 0 spiro atoms. The molecule has 29 heavy (non-hydrogen) atoms. The Labute approximate surface area is 169 Å². The minimum atomic E-state index is -1.01. The molecule has 7 heteroatoms. The van der Waals surface area contributed by atoms with Gasteiger partial charge in [0.05, 0.1) is 0 Å². The van der Waals surface area contributed by atoms with Gasteiger partial charge in [-0.3, -0.25) is 14.4 Å². The molecule has 1 atom stereocenters. The van der Waals surface area contributed by atoms with Crippen LogP contribution >= 0.6 is 0 Å². The van der Waals surface area contributed by atoms with Crippen molar-refractivity contribution in [1.82, 2.24) is 4.98 Å². The fourth-order valence-electron chi connectivity index (χ4n) is 3.16. The third-order valence-corrected chi connectivity index (χ3v) is 4.58. The number of amides is 1. The topological polar surface area (TPSA) is 105 Å². The Morgan fingerprint density at radius 3 is 2.24 bits per heavy atom. The van der Waals surface area contributed by atoms with E-state index in [1.165, 1.54) is 13.8 Å². The van der Waals surface area contributed by atoms with Crippen LogP contribution in [-0.4, -0.2) is 34.5 Å². The van der Waals surface area contributed by atoms with Crippen LogP contribution in [0.25, 0.3) is 0 Å². The van der Waals surface area contributed by atoms with Gasteiger partial charge >= 0.3 is 5.97 Å². The number of ketones is 2. The van der Waals surface area contributed by atoms with Gasteiger partial charge in [0.2, 0.25) is 11.7 Å². The maximum Gasteiger partial charge on any atom is 0.355 e. The van der Waals surface area contributed by atoms with Crippen molar-refractivity contribution in [3.05, 3.63) is 52.3 Å². The second-order valence-corrected chi connectivity index (χ2v) is 6.97. The van der Waals surface area contributed by atoms with Gasteiger partial charge in [0.25, 0.3) is 0 Å². The van der Waals surface area contributed by atoms with Crippen molar-refractivity contribution in [2.45, 2.75) is 53.6 Å². The first kappa shape index (κ1) is 22.1. The summed E-state index contributed by atoms with van der Waals surface area (Å²) in [4.78, 5) is 51.3. The van der Waals surface area contributed by atoms with Gasteiger partial charge in [-0.1, -0.05) is 6.92 Å². The summed E-state index contributed by atoms with van der Waals surface area (Å²) >= 11 is 0. The summed E-state index contributed by atoms with van der Waals surface area (Å²) in [5.41, 5.74) is 2.67. The zero-order valence-corrected chi connectivity index (χ0v) is 17.3. The first-order chi connectivity index (χ1) is 13.6. The smallest absolute Gasteiger partial charge is 0.355 e. The molecule has 1 heterocycles. The molecule has 0 unspecified atom stereocenters. The van der Waals surface area contributed by atoms with E-state index in [1.54, 1.807) is 38.1 Å². The molecular weight excluding hydrogens is 372 g/mol. The normalized spacial score (nSPS) is 11.6. The maximum absolute atomic E-state index is 12.6. The summed E-state index contributed by atoms with van der Waals surface area (Å²) in [6.07, 6.45) is 0.169. The standard InChI is InChI=1S/C22H26N2O5/c1-6-7-18(26)24-17-10-8-16(9-11-17)21(27)15(5)29-22(28)20-12(2)19(14(4)25)13(3)23-20/h8-11,15,23H,6-7H2,1-5H3,(H,24,26)/t15-/m1/s1. The Kier molecular flexibility index (Phi) is 7.09. The van der Waals surface area contributed by atoms with Gasteiger partial charge in [0.15, 0.2) is 11.9 Å². The lowest BCUT2D eigenvalue weighted by Gasteiger charge is -2.13. The summed E-state index contributed by atoms with van der Waals surface area (Å²) in [6, 6.07) is 6.41. The van der Waals surface area contributed by atoms with Crippen LogP contribution in [0.3, 0.4) is 0 Å². The number of H-pyrrole nitrogens is 1. The lowest BCUT2D eigenvalue weighted by Crippen LogP contribution is -2.25. The lowest BCUT2D eigenvalue weighted by atomic mass is 10.1. The first-order valence-electron chi connectivity index (χ1n) is 9.50. The molecule has 154 valence electrons. The summed E-state index contributed by atoms with van der Waals surface area (Å²) in [7, 11) is 0. The van der Waals surface area contributed by atoms with Crippen molar-refractivity contribution < 1.29 is 23.9 Å². The molecule has 0 aliphatic rings. The Morgan fingerprint density at radius 2 is 1.72 bits per heavy atom. The van der Waals surface area contributed by atoms with E-state index in [9.17, 15) is 19.2 Å². The van der Waals surface area contributed by atoms with Gasteiger partial charge in [0.1, 0.15) is 5.69 Å².